The SMILES string of the molecule is CCC(=O)Nc1cccc(C(=O)N[C@H](CC)c2ccccc2OC)c1. The smallest absolute Gasteiger partial charge is 0.251 e. The zero-order chi connectivity index (χ0) is 18.2. The molecule has 0 aliphatic carbocycles. The summed E-state index contributed by atoms with van der Waals surface area (Å²) in [5.41, 5.74) is 2.06. The lowest BCUT2D eigenvalue weighted by Gasteiger charge is -2.20. The Kier molecular flexibility index (Phi) is 6.57. The van der Waals surface area contributed by atoms with Gasteiger partial charge in [0.15, 0.2) is 0 Å². The van der Waals surface area contributed by atoms with E-state index < -0.39 is 0 Å². The van der Waals surface area contributed by atoms with Gasteiger partial charge in [0.25, 0.3) is 5.91 Å². The van der Waals surface area contributed by atoms with Crippen molar-refractivity contribution in [3.8, 4) is 5.75 Å². The summed E-state index contributed by atoms with van der Waals surface area (Å²) in [5, 5.41) is 5.80. The van der Waals surface area contributed by atoms with Crippen LogP contribution in [0.4, 0.5) is 5.69 Å². The van der Waals surface area contributed by atoms with Crippen LogP contribution in [-0.2, 0) is 4.79 Å². The standard InChI is InChI=1S/C20H24N2O3/c1-4-17(16-11-6-7-12-18(16)25-3)22-20(24)14-9-8-10-15(13-14)21-19(23)5-2/h6-13,17H,4-5H2,1-3H3,(H,21,23)(H,22,24)/t17-/m1/s1. The summed E-state index contributed by atoms with van der Waals surface area (Å²) >= 11 is 0. The van der Waals surface area contributed by atoms with Gasteiger partial charge in [0.05, 0.1) is 13.2 Å². The molecular weight excluding hydrogens is 316 g/mol. The van der Waals surface area contributed by atoms with Gasteiger partial charge in [-0.05, 0) is 30.7 Å². The Morgan fingerprint density at radius 2 is 1.84 bits per heavy atom. The molecule has 2 aromatic carbocycles. The van der Waals surface area contributed by atoms with Gasteiger partial charge in [-0.25, -0.2) is 0 Å². The van der Waals surface area contributed by atoms with Gasteiger partial charge in [-0.3, -0.25) is 9.59 Å². The molecule has 25 heavy (non-hydrogen) atoms. The van der Waals surface area contributed by atoms with Crippen molar-refractivity contribution >= 4 is 17.5 Å². The predicted molar refractivity (Wildman–Crippen MR) is 98.9 cm³/mol. The van der Waals surface area contributed by atoms with E-state index in [1.807, 2.05) is 31.2 Å². The number of carbonyl (C=O) groups excluding carboxylic acids is 2. The fourth-order valence-corrected chi connectivity index (χ4v) is 2.58. The number of para-hydroxylation sites is 1. The van der Waals surface area contributed by atoms with E-state index in [2.05, 4.69) is 10.6 Å². The number of carbonyl (C=O) groups is 2. The second kappa shape index (κ2) is 8.87. The normalized spacial score (nSPS) is 11.5. The molecule has 132 valence electrons. The van der Waals surface area contributed by atoms with E-state index in [0.29, 0.717) is 17.7 Å². The van der Waals surface area contributed by atoms with Crippen LogP contribution in [0.2, 0.25) is 0 Å². The monoisotopic (exact) mass is 340 g/mol. The average Bonchev–Trinajstić information content (AvgIpc) is 2.66. The maximum Gasteiger partial charge on any atom is 0.251 e. The summed E-state index contributed by atoms with van der Waals surface area (Å²) < 4.78 is 5.39. The van der Waals surface area contributed by atoms with Crippen molar-refractivity contribution in [1.29, 1.82) is 0 Å². The molecule has 0 aliphatic rings. The molecule has 0 radical (unpaired) electrons. The lowest BCUT2D eigenvalue weighted by molar-refractivity contribution is -0.115. The molecule has 0 aromatic heterocycles. The first-order chi connectivity index (χ1) is 12.1. The fourth-order valence-electron chi connectivity index (χ4n) is 2.58. The van der Waals surface area contributed by atoms with Crippen LogP contribution >= 0.6 is 0 Å². The maximum atomic E-state index is 12.6. The minimum atomic E-state index is -0.189. The van der Waals surface area contributed by atoms with Gasteiger partial charge in [0.1, 0.15) is 5.75 Å². The molecule has 0 fully saturated rings. The van der Waals surface area contributed by atoms with Crippen molar-refractivity contribution in [1.82, 2.24) is 5.32 Å². The van der Waals surface area contributed by atoms with Gasteiger partial charge in [-0.1, -0.05) is 38.1 Å². The minimum absolute atomic E-state index is 0.0852. The first kappa shape index (κ1) is 18.5. The Morgan fingerprint density at radius 3 is 2.52 bits per heavy atom. The third-order valence-electron chi connectivity index (χ3n) is 3.96. The number of hydrogen-bond donors (Lipinski definition) is 2. The van der Waals surface area contributed by atoms with Crippen molar-refractivity contribution in [2.45, 2.75) is 32.7 Å². The zero-order valence-electron chi connectivity index (χ0n) is 14.8. The number of hydrogen-bond acceptors (Lipinski definition) is 3. The zero-order valence-corrected chi connectivity index (χ0v) is 14.8. The molecule has 0 saturated heterocycles. The molecule has 2 aromatic rings. The summed E-state index contributed by atoms with van der Waals surface area (Å²) in [6.45, 7) is 3.79. The van der Waals surface area contributed by atoms with E-state index in [0.717, 1.165) is 17.7 Å². The first-order valence-corrected chi connectivity index (χ1v) is 8.42. The van der Waals surface area contributed by atoms with E-state index in [4.69, 9.17) is 4.74 Å². The molecule has 5 nitrogen and oxygen atoms in total. The number of benzene rings is 2. The number of ether oxygens (including phenoxy) is 1. The minimum Gasteiger partial charge on any atom is -0.496 e. The van der Waals surface area contributed by atoms with Gasteiger partial charge in [-0.15, -0.1) is 0 Å². The van der Waals surface area contributed by atoms with E-state index in [1.54, 1.807) is 38.3 Å². The lowest BCUT2D eigenvalue weighted by Crippen LogP contribution is -2.28. The van der Waals surface area contributed by atoms with Crippen molar-refractivity contribution < 1.29 is 14.3 Å². The van der Waals surface area contributed by atoms with Crippen LogP contribution in [0, 0.1) is 0 Å². The molecule has 0 bridgehead atoms. The number of amides is 2. The summed E-state index contributed by atoms with van der Waals surface area (Å²) in [5.74, 6) is 0.474. The lowest BCUT2D eigenvalue weighted by atomic mass is 10.0. The number of nitrogens with one attached hydrogen (secondary N) is 2. The van der Waals surface area contributed by atoms with E-state index in [1.165, 1.54) is 0 Å². The average molecular weight is 340 g/mol. The molecule has 0 spiro atoms. The quantitative estimate of drug-likeness (QED) is 0.802. The third kappa shape index (κ3) is 4.83. The van der Waals surface area contributed by atoms with Crippen molar-refractivity contribution in [2.75, 3.05) is 12.4 Å². The molecule has 0 unspecified atom stereocenters. The Labute approximate surface area is 148 Å². The Bertz CT molecular complexity index is 743. The largest absolute Gasteiger partial charge is 0.496 e. The molecule has 1 atom stereocenters. The topological polar surface area (TPSA) is 67.4 Å². The summed E-state index contributed by atoms with van der Waals surface area (Å²) in [6.07, 6.45) is 1.13. The van der Waals surface area contributed by atoms with Crippen molar-refractivity contribution in [3.05, 3.63) is 59.7 Å². The van der Waals surface area contributed by atoms with E-state index >= 15 is 0 Å². The Hall–Kier alpha value is -2.82. The highest BCUT2D eigenvalue weighted by Gasteiger charge is 2.17. The van der Waals surface area contributed by atoms with E-state index in [9.17, 15) is 9.59 Å². The third-order valence-corrected chi connectivity index (χ3v) is 3.96. The van der Waals surface area contributed by atoms with Crippen LogP contribution in [0.25, 0.3) is 0 Å². The van der Waals surface area contributed by atoms with Crippen molar-refractivity contribution in [3.63, 3.8) is 0 Å². The van der Waals surface area contributed by atoms with Gasteiger partial charge < -0.3 is 15.4 Å². The predicted octanol–water partition coefficient (Wildman–Crippen LogP) is 3.92. The van der Waals surface area contributed by atoms with Crippen LogP contribution < -0.4 is 15.4 Å². The van der Waals surface area contributed by atoms with Crippen LogP contribution in [-0.4, -0.2) is 18.9 Å². The Balaban J connectivity index is 2.17. The highest BCUT2D eigenvalue weighted by atomic mass is 16.5. The number of anilines is 1. The number of methoxy groups -OCH3 is 1. The second-order valence-corrected chi connectivity index (χ2v) is 5.66. The Morgan fingerprint density at radius 1 is 1.08 bits per heavy atom. The van der Waals surface area contributed by atoms with Crippen LogP contribution in [0.3, 0.4) is 0 Å². The van der Waals surface area contributed by atoms with Crippen molar-refractivity contribution in [2.24, 2.45) is 0 Å². The molecule has 2 amide bonds. The maximum absolute atomic E-state index is 12.6. The van der Waals surface area contributed by atoms with Crippen LogP contribution in [0.15, 0.2) is 48.5 Å². The highest BCUT2D eigenvalue weighted by molar-refractivity contribution is 5.97. The van der Waals surface area contributed by atoms with Gasteiger partial charge in [0.2, 0.25) is 5.91 Å². The molecule has 5 heteroatoms. The molecule has 0 saturated carbocycles. The summed E-state index contributed by atoms with van der Waals surface area (Å²) in [6, 6.07) is 14.4. The van der Waals surface area contributed by atoms with E-state index in [-0.39, 0.29) is 17.9 Å². The summed E-state index contributed by atoms with van der Waals surface area (Å²) in [7, 11) is 1.62. The van der Waals surface area contributed by atoms with Gasteiger partial charge in [-0.2, -0.15) is 0 Å². The molecule has 0 heterocycles. The highest BCUT2D eigenvalue weighted by Crippen LogP contribution is 2.27. The van der Waals surface area contributed by atoms with Gasteiger partial charge >= 0.3 is 0 Å². The van der Waals surface area contributed by atoms with Crippen LogP contribution in [0.5, 0.6) is 5.75 Å². The number of rotatable bonds is 7. The van der Waals surface area contributed by atoms with Gasteiger partial charge in [0, 0.05) is 23.2 Å². The molecule has 2 rings (SSSR count). The summed E-state index contributed by atoms with van der Waals surface area (Å²) in [4.78, 5) is 24.1. The molecule has 0 aliphatic heterocycles. The second-order valence-electron chi connectivity index (χ2n) is 5.66. The molecule has 2 N–H and O–H groups in total. The fraction of sp³-hybridized carbons (Fsp3) is 0.300. The molecular formula is C20H24N2O3. The van der Waals surface area contributed by atoms with Crippen LogP contribution in [0.1, 0.15) is 48.7 Å². The first-order valence-electron chi connectivity index (χ1n) is 8.42.